The van der Waals surface area contributed by atoms with Crippen LogP contribution in [0.15, 0.2) is 6.07 Å². The van der Waals surface area contributed by atoms with E-state index in [1.54, 1.807) is 0 Å². The molecule has 0 bridgehead atoms. The van der Waals surface area contributed by atoms with E-state index in [0.29, 0.717) is 12.0 Å². The molecule has 1 N–H and O–H groups in total. The van der Waals surface area contributed by atoms with Crippen molar-refractivity contribution in [2.75, 3.05) is 6.54 Å². The van der Waals surface area contributed by atoms with Gasteiger partial charge in [0.1, 0.15) is 0 Å². The number of hydrogen-bond acceptors (Lipinski definition) is 1. The summed E-state index contributed by atoms with van der Waals surface area (Å²) in [4.78, 5) is 0. The fourth-order valence-corrected chi connectivity index (χ4v) is 2.94. The molecular weight excluding hydrogens is 208 g/mol. The molecule has 17 heavy (non-hydrogen) atoms. The molecule has 1 aliphatic rings. The summed E-state index contributed by atoms with van der Waals surface area (Å²) in [7, 11) is 0. The normalized spacial score (nSPS) is 21.1. The minimum Gasteiger partial charge on any atom is -0.349 e. The lowest BCUT2D eigenvalue weighted by Crippen LogP contribution is -2.27. The van der Waals surface area contributed by atoms with Crippen LogP contribution >= 0.6 is 0 Å². The van der Waals surface area contributed by atoms with Gasteiger partial charge in [-0.15, -0.1) is 0 Å². The molecule has 1 fully saturated rings. The van der Waals surface area contributed by atoms with E-state index in [-0.39, 0.29) is 0 Å². The molecule has 96 valence electrons. The van der Waals surface area contributed by atoms with Gasteiger partial charge in [-0.05, 0) is 50.8 Å². The molecule has 0 spiro atoms. The molecule has 2 nitrogen and oxygen atoms in total. The standard InChI is InChI=1S/C15H26N2/c1-11(2)10-17-12(3)9-14(13(17)4)15-7-5-6-8-16-15/h9,11,15-16H,5-8,10H2,1-4H3. The number of aryl methyl sites for hydroxylation is 1. The van der Waals surface area contributed by atoms with Gasteiger partial charge in [-0.1, -0.05) is 20.3 Å². The zero-order valence-electron chi connectivity index (χ0n) is 11.7. The Morgan fingerprint density at radius 1 is 1.35 bits per heavy atom. The minimum absolute atomic E-state index is 0.593. The molecule has 1 unspecified atom stereocenters. The van der Waals surface area contributed by atoms with Crippen LogP contribution in [0.25, 0.3) is 0 Å². The number of piperidine rings is 1. The maximum Gasteiger partial charge on any atom is 0.0338 e. The van der Waals surface area contributed by atoms with Gasteiger partial charge < -0.3 is 9.88 Å². The van der Waals surface area contributed by atoms with Gasteiger partial charge in [0.05, 0.1) is 0 Å². The summed E-state index contributed by atoms with van der Waals surface area (Å²) >= 11 is 0. The number of hydrogen-bond donors (Lipinski definition) is 1. The van der Waals surface area contributed by atoms with E-state index in [4.69, 9.17) is 0 Å². The van der Waals surface area contributed by atoms with Crippen LogP contribution in [0.2, 0.25) is 0 Å². The Labute approximate surface area is 105 Å². The van der Waals surface area contributed by atoms with Gasteiger partial charge in [0.2, 0.25) is 0 Å². The Morgan fingerprint density at radius 2 is 2.12 bits per heavy atom. The van der Waals surface area contributed by atoms with Crippen molar-refractivity contribution in [2.45, 2.75) is 59.5 Å². The minimum atomic E-state index is 0.593. The van der Waals surface area contributed by atoms with Crippen molar-refractivity contribution < 1.29 is 0 Å². The summed E-state index contributed by atoms with van der Waals surface area (Å²) in [6.45, 7) is 11.4. The highest BCUT2D eigenvalue weighted by Crippen LogP contribution is 2.28. The summed E-state index contributed by atoms with van der Waals surface area (Å²) in [5, 5.41) is 3.66. The third-order valence-electron chi connectivity index (χ3n) is 3.85. The summed E-state index contributed by atoms with van der Waals surface area (Å²) < 4.78 is 2.48. The quantitative estimate of drug-likeness (QED) is 0.846. The third kappa shape index (κ3) is 2.74. The zero-order chi connectivity index (χ0) is 12.4. The highest BCUT2D eigenvalue weighted by atomic mass is 15.0. The van der Waals surface area contributed by atoms with Crippen molar-refractivity contribution in [1.82, 2.24) is 9.88 Å². The van der Waals surface area contributed by atoms with E-state index in [0.717, 1.165) is 6.54 Å². The molecule has 1 atom stereocenters. The summed E-state index contributed by atoms with van der Waals surface area (Å²) in [6, 6.07) is 2.98. The highest BCUT2D eigenvalue weighted by molar-refractivity contribution is 5.30. The molecule has 2 heterocycles. The van der Waals surface area contributed by atoms with Crippen molar-refractivity contribution in [1.29, 1.82) is 0 Å². The lowest BCUT2D eigenvalue weighted by molar-refractivity contribution is 0.409. The van der Waals surface area contributed by atoms with E-state index < -0.39 is 0 Å². The molecule has 0 amide bonds. The molecule has 0 radical (unpaired) electrons. The van der Waals surface area contributed by atoms with Crippen molar-refractivity contribution in [2.24, 2.45) is 5.92 Å². The van der Waals surface area contributed by atoms with Crippen LogP contribution in [0.1, 0.15) is 56.1 Å². The van der Waals surface area contributed by atoms with E-state index in [9.17, 15) is 0 Å². The van der Waals surface area contributed by atoms with Crippen molar-refractivity contribution in [3.8, 4) is 0 Å². The van der Waals surface area contributed by atoms with E-state index in [1.807, 2.05) is 0 Å². The Morgan fingerprint density at radius 3 is 2.71 bits per heavy atom. The van der Waals surface area contributed by atoms with Crippen LogP contribution < -0.4 is 5.32 Å². The average molecular weight is 234 g/mol. The van der Waals surface area contributed by atoms with Gasteiger partial charge in [-0.2, -0.15) is 0 Å². The largest absolute Gasteiger partial charge is 0.349 e. The maximum absolute atomic E-state index is 3.66. The number of rotatable bonds is 3. The van der Waals surface area contributed by atoms with Crippen LogP contribution in [-0.4, -0.2) is 11.1 Å². The van der Waals surface area contributed by atoms with Crippen LogP contribution in [0.4, 0.5) is 0 Å². The van der Waals surface area contributed by atoms with Gasteiger partial charge in [0.25, 0.3) is 0 Å². The predicted molar refractivity (Wildman–Crippen MR) is 73.3 cm³/mol. The first kappa shape index (κ1) is 12.7. The highest BCUT2D eigenvalue weighted by Gasteiger charge is 2.20. The number of aromatic nitrogens is 1. The Kier molecular flexibility index (Phi) is 3.93. The first-order chi connectivity index (χ1) is 8.09. The molecule has 1 saturated heterocycles. The molecule has 0 saturated carbocycles. The van der Waals surface area contributed by atoms with Crippen molar-refractivity contribution in [3.63, 3.8) is 0 Å². The summed E-state index contributed by atoms with van der Waals surface area (Å²) in [5.41, 5.74) is 4.41. The molecule has 1 aliphatic heterocycles. The second-order valence-electron chi connectivity index (χ2n) is 5.83. The van der Waals surface area contributed by atoms with E-state index in [1.165, 1.54) is 42.8 Å². The smallest absolute Gasteiger partial charge is 0.0338 e. The van der Waals surface area contributed by atoms with Crippen molar-refractivity contribution in [3.05, 3.63) is 23.0 Å². The molecule has 1 aromatic heterocycles. The van der Waals surface area contributed by atoms with Gasteiger partial charge >= 0.3 is 0 Å². The Balaban J connectivity index is 2.23. The number of nitrogens with zero attached hydrogens (tertiary/aromatic N) is 1. The van der Waals surface area contributed by atoms with Gasteiger partial charge in [0.15, 0.2) is 0 Å². The summed E-state index contributed by atoms with van der Waals surface area (Å²) in [5.74, 6) is 0.715. The molecule has 1 aromatic rings. The van der Waals surface area contributed by atoms with Gasteiger partial charge in [-0.25, -0.2) is 0 Å². The Hall–Kier alpha value is -0.760. The lowest BCUT2D eigenvalue weighted by Gasteiger charge is -2.24. The van der Waals surface area contributed by atoms with Gasteiger partial charge in [-0.3, -0.25) is 0 Å². The SMILES string of the molecule is Cc1cc(C2CCCCN2)c(C)n1CC(C)C. The summed E-state index contributed by atoms with van der Waals surface area (Å²) in [6.07, 6.45) is 4.00. The molecule has 0 aliphatic carbocycles. The predicted octanol–water partition coefficient (Wildman–Crippen LogP) is 3.58. The second-order valence-corrected chi connectivity index (χ2v) is 5.83. The average Bonchev–Trinajstić information content (AvgIpc) is 2.58. The van der Waals surface area contributed by atoms with Crippen molar-refractivity contribution >= 4 is 0 Å². The van der Waals surface area contributed by atoms with Crippen LogP contribution in [-0.2, 0) is 6.54 Å². The fourth-order valence-electron chi connectivity index (χ4n) is 2.94. The van der Waals surface area contributed by atoms with E-state index >= 15 is 0 Å². The third-order valence-corrected chi connectivity index (χ3v) is 3.85. The fraction of sp³-hybridized carbons (Fsp3) is 0.733. The number of nitrogens with one attached hydrogen (secondary N) is 1. The van der Waals surface area contributed by atoms with E-state index in [2.05, 4.69) is 43.6 Å². The van der Waals surface area contributed by atoms with Crippen LogP contribution in [0.3, 0.4) is 0 Å². The molecular formula is C15H26N2. The molecule has 2 heteroatoms. The lowest BCUT2D eigenvalue weighted by atomic mass is 9.98. The molecule has 2 rings (SSSR count). The monoisotopic (exact) mass is 234 g/mol. The van der Waals surface area contributed by atoms with Crippen LogP contribution in [0, 0.1) is 19.8 Å². The first-order valence-electron chi connectivity index (χ1n) is 6.99. The first-order valence-corrected chi connectivity index (χ1v) is 6.99. The Bertz CT molecular complexity index is 371. The van der Waals surface area contributed by atoms with Crippen LogP contribution in [0.5, 0.6) is 0 Å². The maximum atomic E-state index is 3.66. The van der Waals surface area contributed by atoms with Gasteiger partial charge in [0, 0.05) is 24.0 Å². The second kappa shape index (κ2) is 5.26. The topological polar surface area (TPSA) is 17.0 Å². The zero-order valence-corrected chi connectivity index (χ0v) is 11.7. The molecule has 0 aromatic carbocycles.